The van der Waals surface area contributed by atoms with Gasteiger partial charge in [0, 0.05) is 6.42 Å². The number of hydrogen-bond donors (Lipinski definition) is 0. The van der Waals surface area contributed by atoms with E-state index in [1.807, 2.05) is 36.4 Å². The molecule has 84 valence electrons. The summed E-state index contributed by atoms with van der Waals surface area (Å²) in [7, 11) is 1.40. The Labute approximate surface area is 96.2 Å². The predicted molar refractivity (Wildman–Crippen MR) is 65.9 cm³/mol. The van der Waals surface area contributed by atoms with Crippen molar-refractivity contribution in [2.24, 2.45) is 0 Å². The zero-order chi connectivity index (χ0) is 11.8. The summed E-state index contributed by atoms with van der Waals surface area (Å²) >= 11 is 0. The fourth-order valence-electron chi connectivity index (χ4n) is 1.34. The lowest BCUT2D eigenvalue weighted by Gasteiger charge is -2.01. The quantitative estimate of drug-likeness (QED) is 0.558. The van der Waals surface area contributed by atoms with Crippen molar-refractivity contribution in [2.45, 2.75) is 12.8 Å². The van der Waals surface area contributed by atoms with Crippen molar-refractivity contribution in [3.63, 3.8) is 0 Å². The third-order valence-corrected chi connectivity index (χ3v) is 2.26. The number of hydrogen-bond acceptors (Lipinski definition) is 2. The Morgan fingerprint density at radius 2 is 2.00 bits per heavy atom. The summed E-state index contributed by atoms with van der Waals surface area (Å²) in [6.07, 6.45) is 4.85. The highest BCUT2D eigenvalue weighted by atomic mass is 16.5. The monoisotopic (exact) mass is 216 g/mol. The van der Waals surface area contributed by atoms with Crippen molar-refractivity contribution in [3.8, 4) is 0 Å². The molecule has 0 radical (unpaired) electrons. The number of ether oxygens (including phenoxy) is 1. The third-order valence-electron chi connectivity index (χ3n) is 2.26. The molecule has 1 aromatic rings. The minimum Gasteiger partial charge on any atom is -0.469 e. The van der Waals surface area contributed by atoms with Gasteiger partial charge >= 0.3 is 5.97 Å². The molecule has 0 aliphatic heterocycles. The highest BCUT2D eigenvalue weighted by Crippen LogP contribution is 2.12. The number of benzene rings is 1. The van der Waals surface area contributed by atoms with Gasteiger partial charge in [0.1, 0.15) is 0 Å². The molecule has 0 aliphatic carbocycles. The van der Waals surface area contributed by atoms with Crippen LogP contribution in [0.5, 0.6) is 0 Å². The standard InChI is InChI=1S/C14H16O2/c1-3-12(9-10-14(15)16-2)11-13-7-5-4-6-8-13/h3-8,11H,1,9-10H2,2H3/b12-11+. The zero-order valence-electron chi connectivity index (χ0n) is 9.48. The van der Waals surface area contributed by atoms with Gasteiger partial charge < -0.3 is 4.74 Å². The first-order valence-corrected chi connectivity index (χ1v) is 5.21. The molecule has 0 unspecified atom stereocenters. The van der Waals surface area contributed by atoms with E-state index in [0.29, 0.717) is 12.8 Å². The van der Waals surface area contributed by atoms with E-state index >= 15 is 0 Å². The maximum absolute atomic E-state index is 11.0. The summed E-state index contributed by atoms with van der Waals surface area (Å²) in [6.45, 7) is 3.74. The lowest BCUT2D eigenvalue weighted by molar-refractivity contribution is -0.140. The molecule has 0 saturated heterocycles. The van der Waals surface area contributed by atoms with E-state index in [9.17, 15) is 4.79 Å². The predicted octanol–water partition coefficient (Wildman–Crippen LogP) is 3.21. The van der Waals surface area contributed by atoms with E-state index in [1.165, 1.54) is 7.11 Å². The van der Waals surface area contributed by atoms with E-state index in [-0.39, 0.29) is 5.97 Å². The molecule has 0 aliphatic rings. The largest absolute Gasteiger partial charge is 0.469 e. The number of esters is 1. The van der Waals surface area contributed by atoms with Gasteiger partial charge in [-0.05, 0) is 17.6 Å². The molecule has 0 atom stereocenters. The van der Waals surface area contributed by atoms with Crippen molar-refractivity contribution < 1.29 is 9.53 Å². The van der Waals surface area contributed by atoms with E-state index in [2.05, 4.69) is 11.3 Å². The van der Waals surface area contributed by atoms with Crippen LogP contribution in [0.15, 0.2) is 48.6 Å². The molecule has 1 rings (SSSR count). The number of carbonyl (C=O) groups is 1. The number of methoxy groups -OCH3 is 1. The lowest BCUT2D eigenvalue weighted by atomic mass is 10.1. The Balaban J connectivity index is 2.64. The third kappa shape index (κ3) is 4.13. The first kappa shape index (κ1) is 12.2. The van der Waals surface area contributed by atoms with E-state index in [4.69, 9.17) is 0 Å². The van der Waals surface area contributed by atoms with Crippen molar-refractivity contribution in [2.75, 3.05) is 7.11 Å². The van der Waals surface area contributed by atoms with Gasteiger partial charge in [0.2, 0.25) is 0 Å². The Kier molecular flexibility index (Phi) is 5.06. The van der Waals surface area contributed by atoms with Crippen LogP contribution in [0.3, 0.4) is 0 Å². The summed E-state index contributed by atoms with van der Waals surface area (Å²) in [5.74, 6) is -0.194. The number of allylic oxidation sites excluding steroid dienone is 2. The molecule has 0 saturated carbocycles. The van der Waals surface area contributed by atoms with Crippen LogP contribution < -0.4 is 0 Å². The second-order valence-electron chi connectivity index (χ2n) is 3.41. The first-order valence-electron chi connectivity index (χ1n) is 5.21. The maximum Gasteiger partial charge on any atom is 0.305 e. The van der Waals surface area contributed by atoms with Gasteiger partial charge in [0.25, 0.3) is 0 Å². The second kappa shape index (κ2) is 6.62. The number of carbonyl (C=O) groups excluding carboxylic acids is 1. The topological polar surface area (TPSA) is 26.3 Å². The van der Waals surface area contributed by atoms with Gasteiger partial charge in [-0.1, -0.05) is 49.1 Å². The van der Waals surface area contributed by atoms with Crippen LogP contribution >= 0.6 is 0 Å². The Hall–Kier alpha value is -1.83. The van der Waals surface area contributed by atoms with Gasteiger partial charge in [-0.15, -0.1) is 0 Å². The summed E-state index contributed by atoms with van der Waals surface area (Å²) in [5, 5.41) is 0. The van der Waals surface area contributed by atoms with E-state index in [0.717, 1.165) is 11.1 Å². The molecular weight excluding hydrogens is 200 g/mol. The minimum atomic E-state index is -0.194. The highest BCUT2D eigenvalue weighted by molar-refractivity contribution is 5.70. The van der Waals surface area contributed by atoms with Gasteiger partial charge in [0.05, 0.1) is 7.11 Å². The van der Waals surface area contributed by atoms with Gasteiger partial charge in [0.15, 0.2) is 0 Å². The maximum atomic E-state index is 11.0. The summed E-state index contributed by atoms with van der Waals surface area (Å²) in [4.78, 5) is 11.0. The van der Waals surface area contributed by atoms with Crippen LogP contribution in [0, 0.1) is 0 Å². The van der Waals surface area contributed by atoms with Crippen LogP contribution in [0.1, 0.15) is 18.4 Å². The van der Waals surface area contributed by atoms with E-state index < -0.39 is 0 Å². The van der Waals surface area contributed by atoms with Crippen LogP contribution in [-0.2, 0) is 9.53 Å². The average Bonchev–Trinajstić information content (AvgIpc) is 2.35. The van der Waals surface area contributed by atoms with Crippen LogP contribution in [-0.4, -0.2) is 13.1 Å². The van der Waals surface area contributed by atoms with Crippen LogP contribution in [0.4, 0.5) is 0 Å². The SMILES string of the molecule is C=C/C(=C\c1ccccc1)CCC(=O)OC. The van der Waals surface area contributed by atoms with Gasteiger partial charge in [-0.25, -0.2) is 0 Å². The fourth-order valence-corrected chi connectivity index (χ4v) is 1.34. The molecule has 0 fully saturated rings. The molecule has 2 heteroatoms. The minimum absolute atomic E-state index is 0.194. The van der Waals surface area contributed by atoms with Crippen molar-refractivity contribution in [1.29, 1.82) is 0 Å². The second-order valence-corrected chi connectivity index (χ2v) is 3.41. The van der Waals surface area contributed by atoms with Crippen molar-refractivity contribution in [1.82, 2.24) is 0 Å². The highest BCUT2D eigenvalue weighted by Gasteiger charge is 2.01. The lowest BCUT2D eigenvalue weighted by Crippen LogP contribution is -1.99. The molecule has 0 amide bonds. The van der Waals surface area contributed by atoms with Gasteiger partial charge in [-0.3, -0.25) is 4.79 Å². The molecule has 0 N–H and O–H groups in total. The molecule has 1 aromatic carbocycles. The first-order chi connectivity index (χ1) is 7.76. The molecule has 0 bridgehead atoms. The zero-order valence-corrected chi connectivity index (χ0v) is 9.48. The molecule has 0 aromatic heterocycles. The smallest absolute Gasteiger partial charge is 0.305 e. The van der Waals surface area contributed by atoms with Crippen molar-refractivity contribution in [3.05, 3.63) is 54.1 Å². The summed E-state index contributed by atoms with van der Waals surface area (Å²) in [5.41, 5.74) is 2.15. The number of rotatable bonds is 5. The van der Waals surface area contributed by atoms with E-state index in [1.54, 1.807) is 6.08 Å². The molecule has 16 heavy (non-hydrogen) atoms. The normalized spacial score (nSPS) is 10.9. The van der Waals surface area contributed by atoms with Crippen LogP contribution in [0.2, 0.25) is 0 Å². The molecule has 0 heterocycles. The van der Waals surface area contributed by atoms with Gasteiger partial charge in [-0.2, -0.15) is 0 Å². The molecule has 2 nitrogen and oxygen atoms in total. The Morgan fingerprint density at radius 3 is 2.56 bits per heavy atom. The van der Waals surface area contributed by atoms with Crippen LogP contribution in [0.25, 0.3) is 6.08 Å². The summed E-state index contributed by atoms with van der Waals surface area (Å²) < 4.78 is 4.59. The Bertz CT molecular complexity index is 377. The average molecular weight is 216 g/mol. The van der Waals surface area contributed by atoms with Crippen molar-refractivity contribution >= 4 is 12.0 Å². The Morgan fingerprint density at radius 1 is 1.31 bits per heavy atom. The molecular formula is C14H16O2. The molecule has 0 spiro atoms. The fraction of sp³-hybridized carbons (Fsp3) is 0.214. The summed E-state index contributed by atoms with van der Waals surface area (Å²) in [6, 6.07) is 9.96.